The van der Waals surface area contributed by atoms with Crippen LogP contribution in [-0.4, -0.2) is 37.7 Å². The summed E-state index contributed by atoms with van der Waals surface area (Å²) in [6.45, 7) is 3.48. The summed E-state index contributed by atoms with van der Waals surface area (Å²) in [5.41, 5.74) is 2.60. The van der Waals surface area contributed by atoms with Gasteiger partial charge in [-0.1, -0.05) is 25.1 Å². The number of aryl methyl sites for hydroxylation is 1. The molecule has 7 nitrogen and oxygen atoms in total. The van der Waals surface area contributed by atoms with E-state index < -0.39 is 0 Å². The fourth-order valence-corrected chi connectivity index (χ4v) is 3.55. The van der Waals surface area contributed by atoms with E-state index >= 15 is 0 Å². The lowest BCUT2D eigenvalue weighted by Crippen LogP contribution is -2.39. The van der Waals surface area contributed by atoms with Crippen LogP contribution < -0.4 is 25.0 Å². The van der Waals surface area contributed by atoms with Gasteiger partial charge in [-0.05, 0) is 30.2 Å². The number of hydrogen-bond donors (Lipinski definition) is 2. The van der Waals surface area contributed by atoms with Gasteiger partial charge in [-0.15, -0.1) is 0 Å². The van der Waals surface area contributed by atoms with E-state index in [1.807, 2.05) is 49.4 Å². The van der Waals surface area contributed by atoms with Gasteiger partial charge in [0.2, 0.25) is 5.91 Å². The average Bonchev–Trinajstić information content (AvgIpc) is 3.07. The van der Waals surface area contributed by atoms with Crippen molar-refractivity contribution in [1.29, 1.82) is 0 Å². The van der Waals surface area contributed by atoms with Crippen LogP contribution in [0.2, 0.25) is 0 Å². The van der Waals surface area contributed by atoms with Crippen molar-refractivity contribution < 1.29 is 19.1 Å². The quantitative estimate of drug-likeness (QED) is 0.853. The number of benzene rings is 2. The summed E-state index contributed by atoms with van der Waals surface area (Å²) in [5, 5.41) is 5.78. The number of para-hydroxylation sites is 1. The van der Waals surface area contributed by atoms with Crippen molar-refractivity contribution in [2.24, 2.45) is 0 Å². The third-order valence-corrected chi connectivity index (χ3v) is 4.94. The van der Waals surface area contributed by atoms with Crippen molar-refractivity contribution in [3.05, 3.63) is 48.0 Å². The van der Waals surface area contributed by atoms with Crippen molar-refractivity contribution >= 4 is 23.3 Å². The van der Waals surface area contributed by atoms with Crippen LogP contribution in [0.15, 0.2) is 42.5 Å². The van der Waals surface area contributed by atoms with Gasteiger partial charge in [0.05, 0.1) is 6.04 Å². The zero-order chi connectivity index (χ0) is 19.5. The highest BCUT2D eigenvalue weighted by atomic mass is 16.6. The van der Waals surface area contributed by atoms with E-state index in [9.17, 15) is 9.59 Å². The molecule has 28 heavy (non-hydrogen) atoms. The topological polar surface area (TPSA) is 79.9 Å². The molecule has 3 amide bonds. The van der Waals surface area contributed by atoms with Crippen LogP contribution in [0.5, 0.6) is 11.5 Å². The lowest BCUT2D eigenvalue weighted by atomic mass is 10.1. The van der Waals surface area contributed by atoms with Gasteiger partial charge in [-0.2, -0.15) is 0 Å². The number of anilines is 2. The Labute approximate surface area is 163 Å². The second-order valence-electron chi connectivity index (χ2n) is 6.84. The maximum absolute atomic E-state index is 12.5. The Balaban J connectivity index is 1.40. The molecule has 1 atom stereocenters. The summed E-state index contributed by atoms with van der Waals surface area (Å²) < 4.78 is 11.1. The summed E-state index contributed by atoms with van der Waals surface area (Å²) in [6, 6.07) is 12.6. The minimum atomic E-state index is -0.303. The fourth-order valence-electron chi connectivity index (χ4n) is 3.55. The summed E-state index contributed by atoms with van der Waals surface area (Å²) in [4.78, 5) is 26.5. The number of hydrogen-bond acceptors (Lipinski definition) is 4. The number of ether oxygens (including phenoxy) is 2. The zero-order valence-corrected chi connectivity index (χ0v) is 15.7. The number of carbonyl (C=O) groups is 2. The number of amides is 3. The monoisotopic (exact) mass is 381 g/mol. The van der Waals surface area contributed by atoms with Crippen LogP contribution in [0.4, 0.5) is 16.2 Å². The second-order valence-corrected chi connectivity index (χ2v) is 6.84. The van der Waals surface area contributed by atoms with Crippen molar-refractivity contribution in [2.45, 2.75) is 25.8 Å². The third kappa shape index (κ3) is 3.74. The molecule has 0 saturated carbocycles. The van der Waals surface area contributed by atoms with Gasteiger partial charge >= 0.3 is 6.03 Å². The van der Waals surface area contributed by atoms with Crippen LogP contribution in [0.1, 0.15) is 18.9 Å². The Morgan fingerprint density at radius 3 is 2.75 bits per heavy atom. The van der Waals surface area contributed by atoms with E-state index in [1.54, 1.807) is 4.90 Å². The van der Waals surface area contributed by atoms with Crippen molar-refractivity contribution in [3.63, 3.8) is 0 Å². The largest absolute Gasteiger partial charge is 0.486 e. The SMILES string of the molecule is CCc1ccccc1NC(=O)N[C@@H]1CC(=O)N(c2ccc3c(c2)OCCO3)C1. The Morgan fingerprint density at radius 2 is 1.93 bits per heavy atom. The molecule has 0 bridgehead atoms. The van der Waals surface area contributed by atoms with Gasteiger partial charge in [0, 0.05) is 30.4 Å². The van der Waals surface area contributed by atoms with Crippen LogP contribution in [0.3, 0.4) is 0 Å². The molecule has 0 spiro atoms. The molecule has 7 heteroatoms. The van der Waals surface area contributed by atoms with Crippen molar-refractivity contribution in [3.8, 4) is 11.5 Å². The smallest absolute Gasteiger partial charge is 0.319 e. The highest BCUT2D eigenvalue weighted by Gasteiger charge is 2.32. The maximum atomic E-state index is 12.5. The Bertz CT molecular complexity index is 899. The summed E-state index contributed by atoms with van der Waals surface area (Å²) in [6.07, 6.45) is 1.09. The summed E-state index contributed by atoms with van der Waals surface area (Å²) in [5.74, 6) is 1.29. The Kier molecular flexibility index (Phi) is 5.06. The van der Waals surface area contributed by atoms with E-state index in [0.717, 1.165) is 23.4 Å². The number of rotatable bonds is 4. The van der Waals surface area contributed by atoms with Crippen LogP contribution >= 0.6 is 0 Å². The van der Waals surface area contributed by atoms with E-state index in [1.165, 1.54) is 0 Å². The summed E-state index contributed by atoms with van der Waals surface area (Å²) in [7, 11) is 0. The summed E-state index contributed by atoms with van der Waals surface area (Å²) >= 11 is 0. The molecule has 2 aliphatic rings. The highest BCUT2D eigenvalue weighted by molar-refractivity contribution is 5.98. The molecule has 4 rings (SSSR count). The molecule has 0 radical (unpaired) electrons. The second kappa shape index (κ2) is 7.80. The normalized spacial score (nSPS) is 18.1. The molecular formula is C21H23N3O4. The lowest BCUT2D eigenvalue weighted by Gasteiger charge is -2.22. The molecule has 0 aliphatic carbocycles. The Hall–Kier alpha value is -3.22. The minimum Gasteiger partial charge on any atom is -0.486 e. The molecule has 0 aromatic heterocycles. The van der Waals surface area contributed by atoms with Gasteiger partial charge < -0.3 is 25.0 Å². The van der Waals surface area contributed by atoms with Gasteiger partial charge in [-0.25, -0.2) is 4.79 Å². The molecule has 2 aromatic carbocycles. The molecule has 1 fully saturated rings. The maximum Gasteiger partial charge on any atom is 0.319 e. The van der Waals surface area contributed by atoms with Crippen molar-refractivity contribution in [1.82, 2.24) is 5.32 Å². The zero-order valence-electron chi connectivity index (χ0n) is 15.7. The van der Waals surface area contributed by atoms with Crippen LogP contribution in [0, 0.1) is 0 Å². The first-order chi connectivity index (χ1) is 13.6. The number of carbonyl (C=O) groups excluding carboxylic acids is 2. The molecule has 2 aliphatic heterocycles. The molecule has 0 unspecified atom stereocenters. The first-order valence-electron chi connectivity index (χ1n) is 9.49. The van der Waals surface area contributed by atoms with E-state index in [4.69, 9.17) is 9.47 Å². The van der Waals surface area contributed by atoms with E-state index in [2.05, 4.69) is 10.6 Å². The predicted molar refractivity (Wildman–Crippen MR) is 106 cm³/mol. The van der Waals surface area contributed by atoms with Gasteiger partial charge in [0.25, 0.3) is 0 Å². The first-order valence-corrected chi connectivity index (χ1v) is 9.49. The van der Waals surface area contributed by atoms with Crippen molar-refractivity contribution in [2.75, 3.05) is 30.0 Å². The van der Waals surface area contributed by atoms with E-state index in [-0.39, 0.29) is 24.4 Å². The van der Waals surface area contributed by atoms with Crippen LogP contribution in [0.25, 0.3) is 0 Å². The Morgan fingerprint density at radius 1 is 1.14 bits per heavy atom. The van der Waals surface area contributed by atoms with Crippen LogP contribution in [-0.2, 0) is 11.2 Å². The third-order valence-electron chi connectivity index (χ3n) is 4.94. The number of urea groups is 1. The molecule has 1 saturated heterocycles. The average molecular weight is 381 g/mol. The standard InChI is InChI=1S/C21H23N3O4/c1-2-14-5-3-4-6-17(14)23-21(26)22-15-11-20(25)24(13-15)16-7-8-18-19(12-16)28-10-9-27-18/h3-8,12,15H,2,9-11,13H2,1H3,(H2,22,23,26)/t15-/m1/s1. The predicted octanol–water partition coefficient (Wildman–Crippen LogP) is 2.95. The molecular weight excluding hydrogens is 358 g/mol. The first kappa shape index (κ1) is 18.2. The molecule has 146 valence electrons. The minimum absolute atomic E-state index is 0.0315. The number of fused-ring (bicyclic) bond motifs is 1. The molecule has 2 N–H and O–H groups in total. The highest BCUT2D eigenvalue weighted by Crippen LogP contribution is 2.35. The van der Waals surface area contributed by atoms with Gasteiger partial charge in [0.1, 0.15) is 13.2 Å². The molecule has 2 heterocycles. The van der Waals surface area contributed by atoms with Gasteiger partial charge in [0.15, 0.2) is 11.5 Å². The molecule has 2 aromatic rings. The number of nitrogens with one attached hydrogen (secondary N) is 2. The lowest BCUT2D eigenvalue weighted by molar-refractivity contribution is -0.117. The number of nitrogens with zero attached hydrogens (tertiary/aromatic N) is 1. The van der Waals surface area contributed by atoms with E-state index in [0.29, 0.717) is 31.3 Å². The van der Waals surface area contributed by atoms with Gasteiger partial charge in [-0.3, -0.25) is 4.79 Å². The fraction of sp³-hybridized carbons (Fsp3) is 0.333.